The van der Waals surface area contributed by atoms with Crippen LogP contribution < -0.4 is 5.32 Å². The maximum Gasteiger partial charge on any atom is 0.261 e. The molecule has 4 amide bonds. The van der Waals surface area contributed by atoms with Crippen molar-refractivity contribution in [1.29, 1.82) is 0 Å². The van der Waals surface area contributed by atoms with E-state index in [4.69, 9.17) is 0 Å². The molecule has 1 aliphatic heterocycles. The minimum absolute atomic E-state index is 0.0369. The number of carbonyl (C=O) groups is 4. The van der Waals surface area contributed by atoms with Crippen molar-refractivity contribution in [3.05, 3.63) is 70.8 Å². The molecule has 0 bridgehead atoms. The first-order chi connectivity index (χ1) is 15.7. The quantitative estimate of drug-likeness (QED) is 0.595. The molecule has 1 heterocycles. The van der Waals surface area contributed by atoms with Crippen molar-refractivity contribution in [1.82, 2.24) is 15.1 Å². The van der Waals surface area contributed by atoms with Gasteiger partial charge in [0.05, 0.1) is 11.1 Å². The summed E-state index contributed by atoms with van der Waals surface area (Å²) in [4.78, 5) is 53.6. The van der Waals surface area contributed by atoms with Crippen LogP contribution in [0.1, 0.15) is 65.5 Å². The summed E-state index contributed by atoms with van der Waals surface area (Å²) in [5.74, 6) is -1.07. The summed E-state index contributed by atoms with van der Waals surface area (Å²) in [6, 6.07) is 13.9. The van der Waals surface area contributed by atoms with Gasteiger partial charge in [0.2, 0.25) is 11.8 Å². The van der Waals surface area contributed by atoms with Gasteiger partial charge in [0, 0.05) is 25.6 Å². The first kappa shape index (κ1) is 24.2. The van der Waals surface area contributed by atoms with E-state index in [2.05, 4.69) is 5.32 Å². The third-order valence-electron chi connectivity index (χ3n) is 5.72. The van der Waals surface area contributed by atoms with Crippen LogP contribution in [0.4, 0.5) is 0 Å². The Hall–Kier alpha value is -3.48. The average molecular weight is 450 g/mol. The van der Waals surface area contributed by atoms with Crippen LogP contribution >= 0.6 is 0 Å². The molecule has 1 unspecified atom stereocenters. The molecule has 7 nitrogen and oxygen atoms in total. The van der Waals surface area contributed by atoms with Gasteiger partial charge in [-0.1, -0.05) is 42.0 Å². The first-order valence-electron chi connectivity index (χ1n) is 11.3. The molecule has 0 aliphatic carbocycles. The zero-order valence-corrected chi connectivity index (χ0v) is 19.6. The molecule has 0 spiro atoms. The molecule has 0 saturated heterocycles. The van der Waals surface area contributed by atoms with Crippen molar-refractivity contribution in [3.63, 3.8) is 0 Å². The van der Waals surface area contributed by atoms with Crippen molar-refractivity contribution >= 4 is 23.6 Å². The van der Waals surface area contributed by atoms with E-state index < -0.39 is 6.04 Å². The van der Waals surface area contributed by atoms with E-state index in [1.54, 1.807) is 36.1 Å². The number of imide groups is 1. The minimum Gasteiger partial charge on any atom is -0.352 e. The van der Waals surface area contributed by atoms with Crippen LogP contribution in [0.2, 0.25) is 0 Å². The van der Waals surface area contributed by atoms with E-state index >= 15 is 0 Å². The minimum atomic E-state index is -0.652. The lowest BCUT2D eigenvalue weighted by atomic mass is 10.1. The van der Waals surface area contributed by atoms with E-state index in [9.17, 15) is 19.2 Å². The highest BCUT2D eigenvalue weighted by Crippen LogP contribution is 2.23. The van der Waals surface area contributed by atoms with Gasteiger partial charge in [-0.15, -0.1) is 0 Å². The van der Waals surface area contributed by atoms with Crippen molar-refractivity contribution in [2.45, 2.75) is 59.2 Å². The highest BCUT2D eigenvalue weighted by atomic mass is 16.2. The molecule has 1 atom stereocenters. The third-order valence-corrected chi connectivity index (χ3v) is 5.72. The highest BCUT2D eigenvalue weighted by molar-refractivity contribution is 6.21. The van der Waals surface area contributed by atoms with Crippen LogP contribution in [0.25, 0.3) is 0 Å². The van der Waals surface area contributed by atoms with E-state index in [-0.39, 0.29) is 42.6 Å². The standard InChI is InChI=1S/C26H31N3O4/c1-17(2)27-24(31)19(4)29(16-20-13-11-18(3)12-14-20)23(30)10-7-15-28-25(32)21-8-5-6-9-22(21)26(28)33/h5-6,8-9,11-14,17,19H,7,10,15-16H2,1-4H3,(H,27,31). The maximum absolute atomic E-state index is 13.2. The topological polar surface area (TPSA) is 86.8 Å². The van der Waals surface area contributed by atoms with Crippen LogP contribution in [0.5, 0.6) is 0 Å². The first-order valence-corrected chi connectivity index (χ1v) is 11.3. The number of benzene rings is 2. The molecular formula is C26H31N3O4. The Morgan fingerprint density at radius 1 is 0.939 bits per heavy atom. The van der Waals surface area contributed by atoms with Crippen molar-refractivity contribution in [3.8, 4) is 0 Å². The second-order valence-corrected chi connectivity index (χ2v) is 8.76. The van der Waals surface area contributed by atoms with Gasteiger partial charge >= 0.3 is 0 Å². The predicted molar refractivity (Wildman–Crippen MR) is 126 cm³/mol. The number of carbonyl (C=O) groups excluding carboxylic acids is 4. The predicted octanol–water partition coefficient (Wildman–Crippen LogP) is 3.31. The number of fused-ring (bicyclic) bond motifs is 1. The molecule has 2 aromatic rings. The highest BCUT2D eigenvalue weighted by Gasteiger charge is 2.35. The molecule has 3 rings (SSSR count). The SMILES string of the molecule is Cc1ccc(CN(C(=O)CCCN2C(=O)c3ccccc3C2=O)C(C)C(=O)NC(C)C)cc1. The Labute approximate surface area is 194 Å². The van der Waals surface area contributed by atoms with Crippen LogP contribution in [0, 0.1) is 6.92 Å². The van der Waals surface area contributed by atoms with Crippen molar-refractivity contribution < 1.29 is 19.2 Å². The fourth-order valence-electron chi connectivity index (χ4n) is 3.85. The number of rotatable bonds is 9. The third kappa shape index (κ3) is 5.66. The number of amides is 4. The number of nitrogens with one attached hydrogen (secondary N) is 1. The second kappa shape index (κ2) is 10.4. The monoisotopic (exact) mass is 449 g/mol. The summed E-state index contributed by atoms with van der Waals surface area (Å²) in [5, 5.41) is 2.86. The van der Waals surface area contributed by atoms with Crippen molar-refractivity contribution in [2.75, 3.05) is 6.54 Å². The largest absolute Gasteiger partial charge is 0.352 e. The fraction of sp³-hybridized carbons (Fsp3) is 0.385. The summed E-state index contributed by atoms with van der Waals surface area (Å²) in [7, 11) is 0. The van der Waals surface area contributed by atoms with Crippen molar-refractivity contribution in [2.24, 2.45) is 0 Å². The molecule has 0 fully saturated rings. The van der Waals surface area contributed by atoms with Crippen LogP contribution in [0.15, 0.2) is 48.5 Å². The molecule has 1 aliphatic rings. The number of hydrogen-bond donors (Lipinski definition) is 1. The van der Waals surface area contributed by atoms with Gasteiger partial charge in [-0.2, -0.15) is 0 Å². The molecule has 7 heteroatoms. The molecule has 33 heavy (non-hydrogen) atoms. The smallest absolute Gasteiger partial charge is 0.261 e. The molecule has 0 radical (unpaired) electrons. The Kier molecular flexibility index (Phi) is 7.63. The van der Waals surface area contributed by atoms with E-state index in [0.29, 0.717) is 24.1 Å². The van der Waals surface area contributed by atoms with Crippen LogP contribution in [0.3, 0.4) is 0 Å². The zero-order valence-electron chi connectivity index (χ0n) is 19.6. The summed E-state index contributed by atoms with van der Waals surface area (Å²) < 4.78 is 0. The maximum atomic E-state index is 13.2. The lowest BCUT2D eigenvalue weighted by Crippen LogP contribution is -2.49. The van der Waals surface area contributed by atoms with E-state index in [1.165, 1.54) is 4.90 Å². The zero-order chi connectivity index (χ0) is 24.1. The fourth-order valence-corrected chi connectivity index (χ4v) is 3.85. The summed E-state index contributed by atoms with van der Waals surface area (Å²) in [6.45, 7) is 7.91. The molecule has 174 valence electrons. The van der Waals surface area contributed by atoms with Gasteiger partial charge in [-0.25, -0.2) is 0 Å². The van der Waals surface area contributed by atoms with Gasteiger partial charge in [0.1, 0.15) is 6.04 Å². The van der Waals surface area contributed by atoms with Crippen LogP contribution in [-0.4, -0.2) is 52.1 Å². The molecule has 1 N–H and O–H groups in total. The van der Waals surface area contributed by atoms with E-state index in [1.807, 2.05) is 45.0 Å². The van der Waals surface area contributed by atoms with Gasteiger partial charge in [-0.3, -0.25) is 24.1 Å². The summed E-state index contributed by atoms with van der Waals surface area (Å²) in [6.07, 6.45) is 0.450. The molecular weight excluding hydrogens is 418 g/mol. The lowest BCUT2D eigenvalue weighted by Gasteiger charge is -2.29. The van der Waals surface area contributed by atoms with Crippen LogP contribution in [-0.2, 0) is 16.1 Å². The Balaban J connectivity index is 1.66. The van der Waals surface area contributed by atoms with Gasteiger partial charge < -0.3 is 10.2 Å². The Bertz CT molecular complexity index is 1010. The van der Waals surface area contributed by atoms with Gasteiger partial charge in [0.15, 0.2) is 0 Å². The summed E-state index contributed by atoms with van der Waals surface area (Å²) >= 11 is 0. The molecule has 0 aromatic heterocycles. The molecule has 0 saturated carbocycles. The van der Waals surface area contributed by atoms with Gasteiger partial charge in [0.25, 0.3) is 11.8 Å². The lowest BCUT2D eigenvalue weighted by molar-refractivity contribution is -0.140. The molecule has 2 aromatic carbocycles. The summed E-state index contributed by atoms with van der Waals surface area (Å²) in [5.41, 5.74) is 2.84. The Morgan fingerprint density at radius 2 is 1.52 bits per heavy atom. The second-order valence-electron chi connectivity index (χ2n) is 8.76. The van der Waals surface area contributed by atoms with Gasteiger partial charge in [-0.05, 0) is 51.8 Å². The Morgan fingerprint density at radius 3 is 2.06 bits per heavy atom. The van der Waals surface area contributed by atoms with E-state index in [0.717, 1.165) is 11.1 Å². The normalized spacial score (nSPS) is 13.8. The number of aryl methyl sites for hydroxylation is 1. The number of nitrogens with zero attached hydrogens (tertiary/aromatic N) is 2. The average Bonchev–Trinajstić information content (AvgIpc) is 3.02. The number of hydrogen-bond acceptors (Lipinski definition) is 4.